The number of pyridine rings is 1. The predicted molar refractivity (Wildman–Crippen MR) is 108 cm³/mol. The van der Waals surface area contributed by atoms with Gasteiger partial charge in [-0.15, -0.1) is 0 Å². The number of nitrogens with zero attached hydrogens (tertiary/aromatic N) is 5. The highest BCUT2D eigenvalue weighted by Gasteiger charge is 2.27. The van der Waals surface area contributed by atoms with E-state index in [1.165, 1.54) is 5.56 Å². The Morgan fingerprint density at radius 3 is 2.82 bits per heavy atom. The Morgan fingerprint density at radius 1 is 1.36 bits per heavy atom. The van der Waals surface area contributed by atoms with Crippen molar-refractivity contribution in [2.24, 2.45) is 7.05 Å². The standard InChI is InChI=1S/C21H31N5O2/c1-5-17-6-7-19(22-11-17)14-26-8-9-28-15-20(26)10-21(27)24(3)13-18-12-23-25(4)16(18)2/h6-7,11-12,20H,5,8-10,13-15H2,1-4H3/t20-/m0/s1. The van der Waals surface area contributed by atoms with Crippen LogP contribution in [0.3, 0.4) is 0 Å². The van der Waals surface area contributed by atoms with Crippen LogP contribution in [0.15, 0.2) is 24.5 Å². The van der Waals surface area contributed by atoms with Crippen molar-refractivity contribution in [2.45, 2.75) is 45.8 Å². The van der Waals surface area contributed by atoms with Gasteiger partial charge in [0.15, 0.2) is 0 Å². The summed E-state index contributed by atoms with van der Waals surface area (Å²) in [6.07, 6.45) is 5.22. The van der Waals surface area contributed by atoms with Gasteiger partial charge in [0.05, 0.1) is 25.1 Å². The molecule has 152 valence electrons. The topological polar surface area (TPSA) is 63.5 Å². The van der Waals surface area contributed by atoms with Gasteiger partial charge in [0.2, 0.25) is 5.91 Å². The summed E-state index contributed by atoms with van der Waals surface area (Å²) in [4.78, 5) is 21.5. The summed E-state index contributed by atoms with van der Waals surface area (Å²) in [6, 6.07) is 4.29. The number of hydrogen-bond donors (Lipinski definition) is 0. The maximum atomic E-state index is 12.8. The molecule has 0 N–H and O–H groups in total. The monoisotopic (exact) mass is 385 g/mol. The van der Waals surface area contributed by atoms with Gasteiger partial charge in [-0.1, -0.05) is 13.0 Å². The zero-order chi connectivity index (χ0) is 20.1. The number of morpholine rings is 1. The lowest BCUT2D eigenvalue weighted by molar-refractivity contribution is -0.133. The van der Waals surface area contributed by atoms with E-state index < -0.39 is 0 Å². The fraction of sp³-hybridized carbons (Fsp3) is 0.571. The minimum atomic E-state index is 0.0753. The fourth-order valence-electron chi connectivity index (χ4n) is 3.45. The Hall–Kier alpha value is -2.25. The van der Waals surface area contributed by atoms with E-state index in [-0.39, 0.29) is 11.9 Å². The van der Waals surface area contributed by atoms with E-state index in [4.69, 9.17) is 4.74 Å². The number of hydrogen-bond acceptors (Lipinski definition) is 5. The Bertz CT molecular complexity index is 787. The summed E-state index contributed by atoms with van der Waals surface area (Å²) < 4.78 is 7.50. The molecule has 7 nitrogen and oxygen atoms in total. The lowest BCUT2D eigenvalue weighted by Gasteiger charge is -2.35. The zero-order valence-electron chi connectivity index (χ0n) is 17.4. The molecule has 0 saturated carbocycles. The second kappa shape index (κ2) is 9.30. The Morgan fingerprint density at radius 2 is 2.18 bits per heavy atom. The van der Waals surface area contributed by atoms with E-state index in [9.17, 15) is 4.79 Å². The van der Waals surface area contributed by atoms with E-state index in [2.05, 4.69) is 34.0 Å². The first-order valence-corrected chi connectivity index (χ1v) is 9.95. The summed E-state index contributed by atoms with van der Waals surface area (Å²) in [6.45, 7) is 7.57. The number of carbonyl (C=O) groups is 1. The van der Waals surface area contributed by atoms with Gasteiger partial charge in [-0.25, -0.2) is 0 Å². The molecule has 3 rings (SSSR count). The first-order valence-electron chi connectivity index (χ1n) is 9.95. The first kappa shape index (κ1) is 20.5. The normalized spacial score (nSPS) is 17.6. The van der Waals surface area contributed by atoms with Gasteiger partial charge in [0.1, 0.15) is 0 Å². The summed E-state index contributed by atoms with van der Waals surface area (Å²) in [5.74, 6) is 0.123. The highest BCUT2D eigenvalue weighted by Crippen LogP contribution is 2.17. The van der Waals surface area contributed by atoms with Crippen LogP contribution >= 0.6 is 0 Å². The Balaban J connectivity index is 1.59. The molecule has 7 heteroatoms. The van der Waals surface area contributed by atoms with Crippen molar-refractivity contribution in [3.05, 3.63) is 47.0 Å². The van der Waals surface area contributed by atoms with Crippen LogP contribution < -0.4 is 0 Å². The third-order valence-electron chi connectivity index (χ3n) is 5.59. The van der Waals surface area contributed by atoms with E-state index in [1.54, 1.807) is 4.90 Å². The number of aryl methyl sites for hydroxylation is 2. The van der Waals surface area contributed by atoms with Crippen LogP contribution in [0.2, 0.25) is 0 Å². The van der Waals surface area contributed by atoms with E-state index >= 15 is 0 Å². The molecule has 0 spiro atoms. The van der Waals surface area contributed by atoms with Gasteiger partial charge in [-0.2, -0.15) is 5.10 Å². The van der Waals surface area contributed by atoms with Gasteiger partial charge < -0.3 is 9.64 Å². The number of carbonyl (C=O) groups excluding carboxylic acids is 1. The molecular weight excluding hydrogens is 354 g/mol. The summed E-state index contributed by atoms with van der Waals surface area (Å²) in [7, 11) is 3.77. The van der Waals surface area contributed by atoms with Crippen LogP contribution in [0.1, 0.15) is 35.9 Å². The molecule has 0 radical (unpaired) electrons. The Labute approximate surface area is 167 Å². The molecule has 2 aromatic heterocycles. The quantitative estimate of drug-likeness (QED) is 0.729. The first-order chi connectivity index (χ1) is 13.5. The summed E-state index contributed by atoms with van der Waals surface area (Å²) in [5.41, 5.74) is 4.44. The Kier molecular flexibility index (Phi) is 6.80. The average molecular weight is 386 g/mol. The molecular formula is C21H31N5O2. The summed E-state index contributed by atoms with van der Waals surface area (Å²) in [5, 5.41) is 4.26. The average Bonchev–Trinajstić information content (AvgIpc) is 3.02. The second-order valence-electron chi connectivity index (χ2n) is 7.54. The van der Waals surface area contributed by atoms with Crippen LogP contribution in [-0.2, 0) is 36.1 Å². The molecule has 0 aromatic carbocycles. The molecule has 0 unspecified atom stereocenters. The van der Waals surface area contributed by atoms with Crippen LogP contribution in [0, 0.1) is 6.92 Å². The van der Waals surface area contributed by atoms with Crippen molar-refractivity contribution in [1.82, 2.24) is 24.6 Å². The highest BCUT2D eigenvalue weighted by molar-refractivity contribution is 5.76. The maximum Gasteiger partial charge on any atom is 0.224 e. The van der Waals surface area contributed by atoms with Crippen LogP contribution in [0.5, 0.6) is 0 Å². The van der Waals surface area contributed by atoms with Gasteiger partial charge in [0.25, 0.3) is 0 Å². The van der Waals surface area contributed by atoms with Gasteiger partial charge >= 0.3 is 0 Å². The van der Waals surface area contributed by atoms with Gasteiger partial charge in [0, 0.05) is 63.6 Å². The SMILES string of the molecule is CCc1ccc(CN2CCOC[C@@H]2CC(=O)N(C)Cc2cnn(C)c2C)nc1. The molecule has 2 aromatic rings. The van der Waals surface area contributed by atoms with Crippen molar-refractivity contribution in [3.8, 4) is 0 Å². The third-order valence-corrected chi connectivity index (χ3v) is 5.59. The zero-order valence-corrected chi connectivity index (χ0v) is 17.4. The van der Waals surface area contributed by atoms with Crippen molar-refractivity contribution < 1.29 is 9.53 Å². The molecule has 1 saturated heterocycles. The molecule has 1 amide bonds. The molecule has 0 aliphatic carbocycles. The largest absolute Gasteiger partial charge is 0.378 e. The van der Waals surface area contributed by atoms with E-state index in [1.807, 2.05) is 38.1 Å². The van der Waals surface area contributed by atoms with Crippen molar-refractivity contribution in [3.63, 3.8) is 0 Å². The predicted octanol–water partition coefficient (Wildman–Crippen LogP) is 1.94. The molecule has 3 heterocycles. The van der Waals surface area contributed by atoms with Crippen molar-refractivity contribution >= 4 is 5.91 Å². The van der Waals surface area contributed by atoms with Crippen molar-refractivity contribution in [2.75, 3.05) is 26.8 Å². The number of amides is 1. The van der Waals surface area contributed by atoms with Gasteiger partial charge in [-0.05, 0) is 25.0 Å². The molecule has 1 atom stereocenters. The van der Waals surface area contributed by atoms with Crippen molar-refractivity contribution in [1.29, 1.82) is 0 Å². The van der Waals surface area contributed by atoms with Crippen LogP contribution in [-0.4, -0.2) is 63.3 Å². The molecule has 1 fully saturated rings. The molecule has 1 aliphatic heterocycles. The van der Waals surface area contributed by atoms with E-state index in [0.717, 1.165) is 36.5 Å². The lowest BCUT2D eigenvalue weighted by atomic mass is 10.1. The molecule has 1 aliphatic rings. The second-order valence-corrected chi connectivity index (χ2v) is 7.54. The summed E-state index contributed by atoms with van der Waals surface area (Å²) >= 11 is 0. The highest BCUT2D eigenvalue weighted by atomic mass is 16.5. The van der Waals surface area contributed by atoms with Crippen LogP contribution in [0.4, 0.5) is 0 Å². The van der Waals surface area contributed by atoms with Gasteiger partial charge in [-0.3, -0.25) is 19.4 Å². The van der Waals surface area contributed by atoms with E-state index in [0.29, 0.717) is 26.2 Å². The molecule has 0 bridgehead atoms. The lowest BCUT2D eigenvalue weighted by Crippen LogP contribution is -2.47. The smallest absolute Gasteiger partial charge is 0.224 e. The number of aromatic nitrogens is 3. The number of rotatable bonds is 7. The molecule has 28 heavy (non-hydrogen) atoms. The van der Waals surface area contributed by atoms with Crippen LogP contribution in [0.25, 0.3) is 0 Å². The number of ether oxygens (including phenoxy) is 1. The third kappa shape index (κ3) is 4.97. The maximum absolute atomic E-state index is 12.8. The minimum Gasteiger partial charge on any atom is -0.378 e. The minimum absolute atomic E-state index is 0.0753. The fourth-order valence-corrected chi connectivity index (χ4v) is 3.45.